The Balaban J connectivity index is 5.41. The number of ketones is 2. The fourth-order valence-corrected chi connectivity index (χ4v) is 3.36. The lowest BCUT2D eigenvalue weighted by atomic mass is 9.88. The van der Waals surface area contributed by atoms with E-state index in [1.165, 1.54) is 0 Å². The molecular weight excluding hydrogens is 316 g/mol. The van der Waals surface area contributed by atoms with Crippen molar-refractivity contribution >= 4 is 11.6 Å². The summed E-state index contributed by atoms with van der Waals surface area (Å²) in [7, 11) is 0. The predicted molar refractivity (Wildman–Crippen MR) is 103 cm³/mol. The Morgan fingerprint density at radius 3 is 1.36 bits per heavy atom. The average molecular weight is 357 g/mol. The number of carbonyl (C=O) groups is 2. The van der Waals surface area contributed by atoms with Crippen LogP contribution in [0.3, 0.4) is 0 Å². The van der Waals surface area contributed by atoms with Gasteiger partial charge in [-0.15, -0.1) is 0 Å². The summed E-state index contributed by atoms with van der Waals surface area (Å²) in [5.41, 5.74) is 11.3. The van der Waals surface area contributed by atoms with Crippen molar-refractivity contribution in [3.63, 3.8) is 0 Å². The summed E-state index contributed by atoms with van der Waals surface area (Å²) in [5, 5.41) is 0. The van der Waals surface area contributed by atoms with E-state index in [-0.39, 0.29) is 36.5 Å². The summed E-state index contributed by atoms with van der Waals surface area (Å²) in [5.74, 6) is -0.00764. The van der Waals surface area contributed by atoms with Gasteiger partial charge in [0.2, 0.25) is 0 Å². The topological polar surface area (TPSA) is 95.4 Å². The Bertz CT molecular complexity index is 340. The highest BCUT2D eigenvalue weighted by atomic mass is 16.5. The first-order valence-electron chi connectivity index (χ1n) is 10.1. The molecule has 0 heterocycles. The third-order valence-electron chi connectivity index (χ3n) is 5.09. The van der Waals surface area contributed by atoms with Crippen molar-refractivity contribution in [3.8, 4) is 0 Å². The summed E-state index contributed by atoms with van der Waals surface area (Å²) in [6.07, 6.45) is 6.53. The highest BCUT2D eigenvalue weighted by Gasteiger charge is 2.35. The van der Waals surface area contributed by atoms with Gasteiger partial charge in [-0.3, -0.25) is 9.59 Å². The van der Waals surface area contributed by atoms with Crippen molar-refractivity contribution in [1.29, 1.82) is 0 Å². The molecule has 0 aromatic heterocycles. The van der Waals surface area contributed by atoms with Crippen LogP contribution in [0, 0.1) is 11.8 Å². The molecular formula is C20H40N2O3. The smallest absolute Gasteiger partial charge is 0.175 e. The van der Waals surface area contributed by atoms with Crippen LogP contribution in [0.2, 0.25) is 0 Å². The van der Waals surface area contributed by atoms with Crippen LogP contribution < -0.4 is 11.5 Å². The molecule has 0 spiro atoms. The van der Waals surface area contributed by atoms with Crippen molar-refractivity contribution in [3.05, 3.63) is 0 Å². The number of unbranched alkanes of at least 4 members (excludes halogenated alkanes) is 2. The molecule has 0 aliphatic carbocycles. The van der Waals surface area contributed by atoms with Crippen molar-refractivity contribution < 1.29 is 14.3 Å². The summed E-state index contributed by atoms with van der Waals surface area (Å²) in [6.45, 7) is 8.28. The van der Waals surface area contributed by atoms with Gasteiger partial charge in [-0.1, -0.05) is 66.2 Å². The van der Waals surface area contributed by atoms with Crippen LogP contribution >= 0.6 is 0 Å². The van der Waals surface area contributed by atoms with Gasteiger partial charge in [0, 0.05) is 0 Å². The molecule has 148 valence electrons. The van der Waals surface area contributed by atoms with E-state index in [2.05, 4.69) is 27.7 Å². The fraction of sp³-hybridized carbons (Fsp3) is 0.900. The second-order valence-corrected chi connectivity index (χ2v) is 6.94. The van der Waals surface area contributed by atoms with Crippen molar-refractivity contribution in [2.75, 3.05) is 13.1 Å². The summed E-state index contributed by atoms with van der Waals surface area (Å²) in [4.78, 5) is 24.9. The third kappa shape index (κ3) is 8.43. The molecule has 25 heavy (non-hydrogen) atoms. The maximum atomic E-state index is 12.5. The van der Waals surface area contributed by atoms with Gasteiger partial charge in [0.1, 0.15) is 12.2 Å². The zero-order chi connectivity index (χ0) is 19.2. The highest BCUT2D eigenvalue weighted by Crippen LogP contribution is 2.27. The van der Waals surface area contributed by atoms with Crippen molar-refractivity contribution in [2.24, 2.45) is 23.3 Å². The van der Waals surface area contributed by atoms with Crippen molar-refractivity contribution in [1.82, 2.24) is 0 Å². The van der Waals surface area contributed by atoms with E-state index in [0.717, 1.165) is 51.4 Å². The minimum atomic E-state index is -0.599. The first-order chi connectivity index (χ1) is 12.0. The maximum absolute atomic E-state index is 12.5. The molecule has 0 bridgehead atoms. The first kappa shape index (κ1) is 24.2. The van der Waals surface area contributed by atoms with Gasteiger partial charge in [0.25, 0.3) is 0 Å². The van der Waals surface area contributed by atoms with Gasteiger partial charge in [0.15, 0.2) is 11.6 Å². The number of Topliss-reactive ketones (excluding diaryl/α,β-unsaturated/α-hetero) is 2. The summed E-state index contributed by atoms with van der Waals surface area (Å²) < 4.78 is 6.20. The van der Waals surface area contributed by atoms with Crippen LogP contribution in [0.5, 0.6) is 0 Å². The van der Waals surface area contributed by atoms with E-state index >= 15 is 0 Å². The first-order valence-corrected chi connectivity index (χ1v) is 10.1. The molecule has 4 N–H and O–H groups in total. The number of carbonyl (C=O) groups excluding carboxylic acids is 2. The Morgan fingerprint density at radius 1 is 0.760 bits per heavy atom. The normalized spacial score (nSPS) is 16.2. The molecule has 0 rings (SSSR count). The van der Waals surface area contributed by atoms with Gasteiger partial charge < -0.3 is 16.2 Å². The number of hydrogen-bond donors (Lipinski definition) is 2. The van der Waals surface area contributed by atoms with E-state index in [1.54, 1.807) is 0 Å². The quantitative estimate of drug-likeness (QED) is 0.443. The second-order valence-electron chi connectivity index (χ2n) is 6.94. The van der Waals surface area contributed by atoms with E-state index in [9.17, 15) is 9.59 Å². The molecule has 0 saturated heterocycles. The largest absolute Gasteiger partial charge is 0.359 e. The van der Waals surface area contributed by atoms with Crippen LogP contribution in [0.15, 0.2) is 0 Å². The van der Waals surface area contributed by atoms with Crippen LogP contribution in [0.25, 0.3) is 0 Å². The predicted octanol–water partition coefficient (Wildman–Crippen LogP) is 3.23. The number of rotatable bonds is 16. The standard InChI is InChI=1S/C20H40N2O3/c1-5-9-11-15(7-3)19(17(23)13-21)25-20(18(24)14-22)16(8-4)12-10-6-2/h15-16,19-20H,5-14,21-22H2,1-4H3. The van der Waals surface area contributed by atoms with Crippen LogP contribution in [0.1, 0.15) is 79.1 Å². The molecule has 0 aliphatic heterocycles. The van der Waals surface area contributed by atoms with E-state index in [4.69, 9.17) is 16.2 Å². The molecule has 0 fully saturated rings. The molecule has 0 aromatic rings. The molecule has 4 atom stereocenters. The van der Waals surface area contributed by atoms with Crippen LogP contribution in [-0.4, -0.2) is 36.9 Å². The van der Waals surface area contributed by atoms with E-state index in [1.807, 2.05) is 0 Å². The Kier molecular flexibility index (Phi) is 13.9. The van der Waals surface area contributed by atoms with Crippen molar-refractivity contribution in [2.45, 2.75) is 91.3 Å². The maximum Gasteiger partial charge on any atom is 0.175 e. The minimum Gasteiger partial charge on any atom is -0.359 e. The molecule has 0 radical (unpaired) electrons. The lowest BCUT2D eigenvalue weighted by Crippen LogP contribution is -2.45. The van der Waals surface area contributed by atoms with E-state index in [0.29, 0.717) is 0 Å². The van der Waals surface area contributed by atoms with Gasteiger partial charge in [-0.05, 0) is 24.7 Å². The molecule has 0 aromatic carbocycles. The Morgan fingerprint density at radius 2 is 1.12 bits per heavy atom. The SMILES string of the molecule is CCCCC(CC)C(OC(C(=O)CN)C(CC)CCCC)C(=O)CN. The zero-order valence-corrected chi connectivity index (χ0v) is 16.8. The number of hydrogen-bond acceptors (Lipinski definition) is 5. The summed E-state index contributed by atoms with van der Waals surface area (Å²) >= 11 is 0. The monoisotopic (exact) mass is 356 g/mol. The van der Waals surface area contributed by atoms with Gasteiger partial charge in [-0.2, -0.15) is 0 Å². The number of ether oxygens (including phenoxy) is 1. The Hall–Kier alpha value is -0.780. The van der Waals surface area contributed by atoms with Gasteiger partial charge in [-0.25, -0.2) is 0 Å². The molecule has 4 unspecified atom stereocenters. The molecule has 5 nitrogen and oxygen atoms in total. The Labute approximate surface area is 154 Å². The minimum absolute atomic E-state index is 0.0530. The summed E-state index contributed by atoms with van der Waals surface area (Å²) in [6, 6.07) is 0. The molecule has 5 heteroatoms. The third-order valence-corrected chi connectivity index (χ3v) is 5.09. The van der Waals surface area contributed by atoms with Crippen LogP contribution in [-0.2, 0) is 14.3 Å². The zero-order valence-electron chi connectivity index (χ0n) is 16.8. The highest BCUT2D eigenvalue weighted by molar-refractivity contribution is 5.87. The molecule has 0 saturated carbocycles. The van der Waals surface area contributed by atoms with Crippen LogP contribution in [0.4, 0.5) is 0 Å². The molecule has 0 amide bonds. The molecule has 0 aliphatic rings. The number of nitrogens with two attached hydrogens (primary N) is 2. The lowest BCUT2D eigenvalue weighted by molar-refractivity contribution is -0.152. The average Bonchev–Trinajstić information content (AvgIpc) is 2.64. The second kappa shape index (κ2) is 14.4. The lowest BCUT2D eigenvalue weighted by Gasteiger charge is -2.32. The van der Waals surface area contributed by atoms with Gasteiger partial charge >= 0.3 is 0 Å². The van der Waals surface area contributed by atoms with Gasteiger partial charge in [0.05, 0.1) is 13.1 Å². The fourth-order valence-electron chi connectivity index (χ4n) is 3.36. The van der Waals surface area contributed by atoms with E-state index < -0.39 is 12.2 Å².